The summed E-state index contributed by atoms with van der Waals surface area (Å²) in [5.41, 5.74) is 1.47. The van der Waals surface area contributed by atoms with E-state index < -0.39 is 0 Å². The Morgan fingerprint density at radius 3 is 2.87 bits per heavy atom. The summed E-state index contributed by atoms with van der Waals surface area (Å²) in [5.74, 6) is -0.103. The molecule has 0 radical (unpaired) electrons. The van der Waals surface area contributed by atoms with Crippen molar-refractivity contribution in [3.8, 4) is 0 Å². The number of carbonyl (C=O) groups is 1. The van der Waals surface area contributed by atoms with Crippen molar-refractivity contribution < 1.29 is 9.53 Å². The molecule has 2 N–H and O–H groups in total. The molecule has 2 fully saturated rings. The third kappa shape index (κ3) is 4.91. The number of nitrogens with one attached hydrogen (secondary N) is 2. The lowest BCUT2D eigenvalue weighted by molar-refractivity contribution is 0.0383. The van der Waals surface area contributed by atoms with Gasteiger partial charge in [0.15, 0.2) is 0 Å². The van der Waals surface area contributed by atoms with Gasteiger partial charge in [0.2, 0.25) is 0 Å². The number of hydrogen-bond donors (Lipinski definition) is 2. The molecule has 0 spiro atoms. The molecular weight excluding hydrogens is 292 g/mol. The molecule has 0 unspecified atom stereocenters. The summed E-state index contributed by atoms with van der Waals surface area (Å²) in [4.78, 5) is 18.7. The smallest absolute Gasteiger partial charge is 0.269 e. The Morgan fingerprint density at radius 1 is 1.30 bits per heavy atom. The van der Waals surface area contributed by atoms with Gasteiger partial charge in [-0.05, 0) is 25.0 Å². The average Bonchev–Trinajstić information content (AvgIpc) is 3.09. The summed E-state index contributed by atoms with van der Waals surface area (Å²) < 4.78 is 5.32. The van der Waals surface area contributed by atoms with Crippen molar-refractivity contribution >= 4 is 11.6 Å². The summed E-state index contributed by atoms with van der Waals surface area (Å²) in [7, 11) is 0. The molecule has 1 aliphatic heterocycles. The summed E-state index contributed by atoms with van der Waals surface area (Å²) >= 11 is 0. The van der Waals surface area contributed by atoms with Gasteiger partial charge in [-0.15, -0.1) is 0 Å². The Morgan fingerprint density at radius 2 is 2.09 bits per heavy atom. The number of rotatable bonds is 6. The number of carbonyl (C=O) groups excluding carboxylic acids is 1. The van der Waals surface area contributed by atoms with Crippen molar-refractivity contribution in [2.75, 3.05) is 44.7 Å². The molecule has 1 amide bonds. The molecule has 2 aliphatic rings. The number of aromatic nitrogens is 1. The van der Waals surface area contributed by atoms with E-state index in [4.69, 9.17) is 4.74 Å². The van der Waals surface area contributed by atoms with Crippen LogP contribution in [0.25, 0.3) is 0 Å². The van der Waals surface area contributed by atoms with Gasteiger partial charge < -0.3 is 15.4 Å². The van der Waals surface area contributed by atoms with Crippen molar-refractivity contribution in [2.45, 2.75) is 31.7 Å². The van der Waals surface area contributed by atoms with Gasteiger partial charge in [0.05, 0.1) is 13.2 Å². The van der Waals surface area contributed by atoms with Gasteiger partial charge in [-0.2, -0.15) is 0 Å². The van der Waals surface area contributed by atoms with Gasteiger partial charge in [-0.3, -0.25) is 14.7 Å². The zero-order chi connectivity index (χ0) is 15.9. The van der Waals surface area contributed by atoms with Crippen LogP contribution in [0.15, 0.2) is 18.3 Å². The van der Waals surface area contributed by atoms with E-state index in [9.17, 15) is 4.79 Å². The van der Waals surface area contributed by atoms with Gasteiger partial charge in [0.1, 0.15) is 5.69 Å². The molecule has 0 aromatic carbocycles. The number of anilines is 1. The first-order chi connectivity index (χ1) is 11.3. The molecule has 2 heterocycles. The number of amides is 1. The Labute approximate surface area is 137 Å². The maximum atomic E-state index is 12.2. The zero-order valence-corrected chi connectivity index (χ0v) is 13.6. The highest BCUT2D eigenvalue weighted by molar-refractivity contribution is 5.93. The molecular formula is C17H26N4O2. The fraction of sp³-hybridized carbons (Fsp3) is 0.647. The standard InChI is InChI=1S/C17H26N4O2/c22-17(19-7-8-21-9-11-23-12-10-21)16-13-15(5-6-18-16)20-14-3-1-2-4-14/h5-6,13-14H,1-4,7-12H2,(H,18,20)(H,19,22). The van der Waals surface area contributed by atoms with Crippen molar-refractivity contribution in [1.82, 2.24) is 15.2 Å². The summed E-state index contributed by atoms with van der Waals surface area (Å²) in [6, 6.07) is 4.32. The van der Waals surface area contributed by atoms with Gasteiger partial charge in [-0.25, -0.2) is 0 Å². The van der Waals surface area contributed by atoms with Gasteiger partial charge in [-0.1, -0.05) is 12.8 Å². The molecule has 1 saturated heterocycles. The van der Waals surface area contributed by atoms with Crippen LogP contribution in [-0.4, -0.2) is 61.2 Å². The third-order valence-corrected chi connectivity index (χ3v) is 4.54. The zero-order valence-electron chi connectivity index (χ0n) is 13.6. The van der Waals surface area contributed by atoms with Crippen LogP contribution in [0.3, 0.4) is 0 Å². The van der Waals surface area contributed by atoms with Gasteiger partial charge in [0, 0.05) is 44.1 Å². The second kappa shape index (κ2) is 8.26. The minimum atomic E-state index is -0.103. The van der Waals surface area contributed by atoms with E-state index in [1.54, 1.807) is 6.20 Å². The van der Waals surface area contributed by atoms with Crippen LogP contribution in [0.2, 0.25) is 0 Å². The lowest BCUT2D eigenvalue weighted by atomic mass is 10.2. The number of nitrogens with zero attached hydrogens (tertiary/aromatic N) is 2. The molecule has 23 heavy (non-hydrogen) atoms. The highest BCUT2D eigenvalue weighted by Gasteiger charge is 2.16. The Hall–Kier alpha value is -1.66. The molecule has 1 aromatic rings. The van der Waals surface area contributed by atoms with E-state index in [1.807, 2.05) is 12.1 Å². The second-order valence-corrected chi connectivity index (χ2v) is 6.27. The summed E-state index contributed by atoms with van der Waals surface area (Å²) in [6.07, 6.45) is 6.70. The van der Waals surface area contributed by atoms with Crippen molar-refractivity contribution in [1.29, 1.82) is 0 Å². The quantitative estimate of drug-likeness (QED) is 0.832. The Bertz CT molecular complexity index is 511. The van der Waals surface area contributed by atoms with E-state index in [0.29, 0.717) is 18.3 Å². The normalized spacial score (nSPS) is 19.7. The second-order valence-electron chi connectivity index (χ2n) is 6.27. The molecule has 6 heteroatoms. The molecule has 1 aliphatic carbocycles. The maximum Gasteiger partial charge on any atom is 0.269 e. The highest BCUT2D eigenvalue weighted by atomic mass is 16.5. The average molecular weight is 318 g/mol. The number of ether oxygens (including phenoxy) is 1. The lowest BCUT2D eigenvalue weighted by Crippen LogP contribution is -2.41. The minimum Gasteiger partial charge on any atom is -0.382 e. The molecule has 126 valence electrons. The summed E-state index contributed by atoms with van der Waals surface area (Å²) in [5, 5.41) is 6.46. The van der Waals surface area contributed by atoms with E-state index >= 15 is 0 Å². The SMILES string of the molecule is O=C(NCCN1CCOCC1)c1cc(NC2CCCC2)ccn1. The van der Waals surface area contributed by atoms with E-state index in [0.717, 1.165) is 38.5 Å². The van der Waals surface area contributed by atoms with Crippen molar-refractivity contribution in [3.63, 3.8) is 0 Å². The van der Waals surface area contributed by atoms with E-state index in [1.165, 1.54) is 25.7 Å². The van der Waals surface area contributed by atoms with Crippen molar-refractivity contribution in [3.05, 3.63) is 24.0 Å². The fourth-order valence-electron chi connectivity index (χ4n) is 3.19. The molecule has 0 bridgehead atoms. The van der Waals surface area contributed by atoms with Crippen LogP contribution < -0.4 is 10.6 Å². The highest BCUT2D eigenvalue weighted by Crippen LogP contribution is 2.22. The largest absolute Gasteiger partial charge is 0.382 e. The number of morpholine rings is 1. The van der Waals surface area contributed by atoms with Crippen LogP contribution >= 0.6 is 0 Å². The predicted octanol–water partition coefficient (Wildman–Crippen LogP) is 1.50. The van der Waals surface area contributed by atoms with E-state index in [-0.39, 0.29) is 5.91 Å². The third-order valence-electron chi connectivity index (χ3n) is 4.54. The fourth-order valence-corrected chi connectivity index (χ4v) is 3.19. The van der Waals surface area contributed by atoms with Crippen LogP contribution in [0, 0.1) is 0 Å². The molecule has 0 atom stereocenters. The maximum absolute atomic E-state index is 12.2. The first-order valence-electron chi connectivity index (χ1n) is 8.62. The molecule has 3 rings (SSSR count). The van der Waals surface area contributed by atoms with E-state index in [2.05, 4.69) is 20.5 Å². The number of pyridine rings is 1. The Balaban J connectivity index is 1.46. The van der Waals surface area contributed by atoms with Gasteiger partial charge in [0.25, 0.3) is 5.91 Å². The Kier molecular flexibility index (Phi) is 5.82. The summed E-state index contributed by atoms with van der Waals surface area (Å²) in [6.45, 7) is 4.94. The van der Waals surface area contributed by atoms with Crippen LogP contribution in [0.4, 0.5) is 5.69 Å². The van der Waals surface area contributed by atoms with Crippen LogP contribution in [-0.2, 0) is 4.74 Å². The van der Waals surface area contributed by atoms with Gasteiger partial charge >= 0.3 is 0 Å². The number of hydrogen-bond acceptors (Lipinski definition) is 5. The molecule has 1 aromatic heterocycles. The minimum absolute atomic E-state index is 0.103. The molecule has 1 saturated carbocycles. The first kappa shape index (κ1) is 16.2. The van der Waals surface area contributed by atoms with Crippen LogP contribution in [0.5, 0.6) is 0 Å². The molecule has 6 nitrogen and oxygen atoms in total. The topological polar surface area (TPSA) is 66.5 Å². The monoisotopic (exact) mass is 318 g/mol. The van der Waals surface area contributed by atoms with Crippen LogP contribution in [0.1, 0.15) is 36.2 Å². The predicted molar refractivity (Wildman–Crippen MR) is 89.7 cm³/mol. The van der Waals surface area contributed by atoms with Crippen molar-refractivity contribution in [2.24, 2.45) is 0 Å². The first-order valence-corrected chi connectivity index (χ1v) is 8.62. The lowest BCUT2D eigenvalue weighted by Gasteiger charge is -2.26.